The molecule has 0 unspecified atom stereocenters. The monoisotopic (exact) mass is 401 g/mol. The SMILES string of the molecule is NCc1cccc(-c2ccc3occ(COc4ccccc4CCC(=O)O)c3c2)c1. The molecule has 4 aromatic rings. The molecule has 0 saturated heterocycles. The Morgan fingerprint density at radius 2 is 1.80 bits per heavy atom. The first-order valence-corrected chi connectivity index (χ1v) is 9.86. The van der Waals surface area contributed by atoms with Crippen LogP contribution < -0.4 is 10.5 Å². The molecule has 4 rings (SSSR count). The lowest BCUT2D eigenvalue weighted by molar-refractivity contribution is -0.136. The van der Waals surface area contributed by atoms with E-state index in [4.69, 9.17) is 20.0 Å². The van der Waals surface area contributed by atoms with E-state index in [0.717, 1.165) is 38.8 Å². The third-order valence-electron chi connectivity index (χ3n) is 5.11. The summed E-state index contributed by atoms with van der Waals surface area (Å²) in [5, 5.41) is 9.95. The summed E-state index contributed by atoms with van der Waals surface area (Å²) < 4.78 is 11.7. The minimum absolute atomic E-state index is 0.0697. The third kappa shape index (κ3) is 4.36. The summed E-state index contributed by atoms with van der Waals surface area (Å²) in [7, 11) is 0. The molecule has 5 nitrogen and oxygen atoms in total. The predicted molar refractivity (Wildman–Crippen MR) is 116 cm³/mol. The van der Waals surface area contributed by atoms with Gasteiger partial charge in [-0.2, -0.15) is 0 Å². The Balaban J connectivity index is 1.58. The maximum atomic E-state index is 10.9. The van der Waals surface area contributed by atoms with Crippen LogP contribution in [0.3, 0.4) is 0 Å². The second-order valence-corrected chi connectivity index (χ2v) is 7.17. The Bertz CT molecular complexity index is 1180. The number of carboxylic acids is 1. The van der Waals surface area contributed by atoms with E-state index in [1.54, 1.807) is 6.26 Å². The van der Waals surface area contributed by atoms with Gasteiger partial charge in [0.1, 0.15) is 17.9 Å². The number of fused-ring (bicyclic) bond motifs is 1. The molecule has 152 valence electrons. The number of para-hydroxylation sites is 1. The van der Waals surface area contributed by atoms with Crippen LogP contribution in [0.4, 0.5) is 0 Å². The first-order chi connectivity index (χ1) is 14.6. The lowest BCUT2D eigenvalue weighted by atomic mass is 10.0. The molecule has 1 aromatic heterocycles. The van der Waals surface area contributed by atoms with E-state index in [-0.39, 0.29) is 6.42 Å². The summed E-state index contributed by atoms with van der Waals surface area (Å²) in [6, 6.07) is 21.8. The molecule has 0 saturated carbocycles. The zero-order valence-electron chi connectivity index (χ0n) is 16.5. The van der Waals surface area contributed by atoms with Crippen LogP contribution in [0.1, 0.15) is 23.1 Å². The number of benzene rings is 3. The summed E-state index contributed by atoms with van der Waals surface area (Å²) in [5.41, 5.74) is 11.7. The van der Waals surface area contributed by atoms with Crippen molar-refractivity contribution in [3.8, 4) is 16.9 Å². The maximum absolute atomic E-state index is 10.9. The van der Waals surface area contributed by atoms with E-state index in [1.807, 2.05) is 48.5 Å². The summed E-state index contributed by atoms with van der Waals surface area (Å²) in [6.45, 7) is 0.839. The largest absolute Gasteiger partial charge is 0.488 e. The highest BCUT2D eigenvalue weighted by Gasteiger charge is 2.11. The van der Waals surface area contributed by atoms with E-state index in [1.165, 1.54) is 0 Å². The van der Waals surface area contributed by atoms with E-state index in [0.29, 0.717) is 25.3 Å². The Labute approximate surface area is 174 Å². The summed E-state index contributed by atoms with van der Waals surface area (Å²) in [6.07, 6.45) is 2.21. The van der Waals surface area contributed by atoms with Crippen molar-refractivity contribution >= 4 is 16.9 Å². The molecular weight excluding hydrogens is 378 g/mol. The lowest BCUT2D eigenvalue weighted by Gasteiger charge is -2.10. The molecule has 0 radical (unpaired) electrons. The van der Waals surface area contributed by atoms with Crippen LogP contribution in [0.25, 0.3) is 22.1 Å². The van der Waals surface area contributed by atoms with Crippen LogP contribution in [-0.4, -0.2) is 11.1 Å². The minimum Gasteiger partial charge on any atom is -0.488 e. The Morgan fingerprint density at radius 3 is 2.63 bits per heavy atom. The molecular formula is C25H23NO4. The fourth-order valence-corrected chi connectivity index (χ4v) is 3.50. The molecule has 0 amide bonds. The quantitative estimate of drug-likeness (QED) is 0.426. The van der Waals surface area contributed by atoms with Gasteiger partial charge in [0.15, 0.2) is 0 Å². The molecule has 3 aromatic carbocycles. The molecule has 3 N–H and O–H groups in total. The minimum atomic E-state index is -0.822. The highest BCUT2D eigenvalue weighted by molar-refractivity contribution is 5.86. The van der Waals surface area contributed by atoms with Gasteiger partial charge in [0.05, 0.1) is 6.26 Å². The van der Waals surface area contributed by atoms with Gasteiger partial charge in [-0.15, -0.1) is 0 Å². The molecule has 0 aliphatic heterocycles. The first kappa shape index (κ1) is 19.7. The van der Waals surface area contributed by atoms with Gasteiger partial charge < -0.3 is 20.0 Å². The second kappa shape index (κ2) is 8.84. The van der Waals surface area contributed by atoms with Crippen molar-refractivity contribution in [2.45, 2.75) is 26.0 Å². The molecule has 1 heterocycles. The second-order valence-electron chi connectivity index (χ2n) is 7.17. The Morgan fingerprint density at radius 1 is 0.967 bits per heavy atom. The van der Waals surface area contributed by atoms with Gasteiger partial charge in [0.2, 0.25) is 0 Å². The zero-order chi connectivity index (χ0) is 20.9. The molecule has 0 spiro atoms. The molecule has 0 aliphatic carbocycles. The highest BCUT2D eigenvalue weighted by Crippen LogP contribution is 2.30. The highest BCUT2D eigenvalue weighted by atomic mass is 16.5. The van der Waals surface area contributed by atoms with Crippen molar-refractivity contribution in [1.82, 2.24) is 0 Å². The van der Waals surface area contributed by atoms with Gasteiger partial charge in [-0.05, 0) is 52.9 Å². The molecule has 0 fully saturated rings. The topological polar surface area (TPSA) is 85.7 Å². The van der Waals surface area contributed by atoms with Gasteiger partial charge in [-0.3, -0.25) is 4.79 Å². The normalized spacial score (nSPS) is 11.0. The summed E-state index contributed by atoms with van der Waals surface area (Å²) >= 11 is 0. The number of carboxylic acid groups (broad SMARTS) is 1. The molecule has 0 atom stereocenters. The number of rotatable bonds is 8. The van der Waals surface area contributed by atoms with Gasteiger partial charge >= 0.3 is 5.97 Å². The molecule has 30 heavy (non-hydrogen) atoms. The standard InChI is InChI=1S/C25H23NO4/c26-14-17-4-3-6-19(12-17)20-8-10-24-22(13-20)21(16-30-24)15-29-23-7-2-1-5-18(23)9-11-25(27)28/h1-8,10,12-13,16H,9,11,14-15,26H2,(H,27,28). The maximum Gasteiger partial charge on any atom is 0.303 e. The van der Waals surface area contributed by atoms with E-state index >= 15 is 0 Å². The number of aliphatic carboxylic acids is 1. The van der Waals surface area contributed by atoms with Crippen molar-refractivity contribution in [2.24, 2.45) is 5.73 Å². The van der Waals surface area contributed by atoms with Crippen molar-refractivity contribution < 1.29 is 19.1 Å². The molecule has 0 aliphatic rings. The van der Waals surface area contributed by atoms with Gasteiger partial charge in [0, 0.05) is 23.9 Å². The number of ether oxygens (including phenoxy) is 1. The average Bonchev–Trinajstić information content (AvgIpc) is 3.19. The number of hydrogen-bond acceptors (Lipinski definition) is 4. The summed E-state index contributed by atoms with van der Waals surface area (Å²) in [5.74, 6) is -0.128. The number of carbonyl (C=O) groups is 1. The third-order valence-corrected chi connectivity index (χ3v) is 5.11. The Hall–Kier alpha value is -3.57. The van der Waals surface area contributed by atoms with Gasteiger partial charge in [-0.1, -0.05) is 42.5 Å². The van der Waals surface area contributed by atoms with Crippen molar-refractivity contribution in [2.75, 3.05) is 0 Å². The van der Waals surface area contributed by atoms with E-state index in [2.05, 4.69) is 18.2 Å². The van der Waals surface area contributed by atoms with Gasteiger partial charge in [0.25, 0.3) is 0 Å². The van der Waals surface area contributed by atoms with Crippen LogP contribution in [0.2, 0.25) is 0 Å². The van der Waals surface area contributed by atoms with Crippen LogP contribution in [-0.2, 0) is 24.4 Å². The van der Waals surface area contributed by atoms with Crippen molar-refractivity contribution in [1.29, 1.82) is 0 Å². The predicted octanol–water partition coefficient (Wildman–Crippen LogP) is 5.15. The van der Waals surface area contributed by atoms with E-state index in [9.17, 15) is 4.79 Å². The number of furan rings is 1. The Kier molecular flexibility index (Phi) is 5.82. The lowest BCUT2D eigenvalue weighted by Crippen LogP contribution is -2.01. The molecule has 5 heteroatoms. The van der Waals surface area contributed by atoms with E-state index < -0.39 is 5.97 Å². The number of aryl methyl sites for hydroxylation is 1. The number of hydrogen-bond donors (Lipinski definition) is 2. The average molecular weight is 401 g/mol. The van der Waals surface area contributed by atoms with Crippen LogP contribution in [0.15, 0.2) is 77.4 Å². The van der Waals surface area contributed by atoms with Crippen LogP contribution >= 0.6 is 0 Å². The summed E-state index contributed by atoms with van der Waals surface area (Å²) in [4.78, 5) is 10.9. The fraction of sp³-hybridized carbons (Fsp3) is 0.160. The van der Waals surface area contributed by atoms with Crippen LogP contribution in [0, 0.1) is 0 Å². The van der Waals surface area contributed by atoms with Crippen molar-refractivity contribution in [3.05, 3.63) is 89.7 Å². The molecule has 0 bridgehead atoms. The van der Waals surface area contributed by atoms with Crippen LogP contribution in [0.5, 0.6) is 5.75 Å². The smallest absolute Gasteiger partial charge is 0.303 e. The first-order valence-electron chi connectivity index (χ1n) is 9.86. The van der Waals surface area contributed by atoms with Gasteiger partial charge in [-0.25, -0.2) is 0 Å². The zero-order valence-corrected chi connectivity index (χ0v) is 16.5. The van der Waals surface area contributed by atoms with Crippen molar-refractivity contribution in [3.63, 3.8) is 0 Å². The fourth-order valence-electron chi connectivity index (χ4n) is 3.50. The number of nitrogens with two attached hydrogens (primary N) is 1.